The maximum Gasteiger partial charge on any atom is 0.119 e. The van der Waals surface area contributed by atoms with Crippen molar-refractivity contribution in [3.05, 3.63) is 58.9 Å². The smallest absolute Gasteiger partial charge is 0.119 e. The molecule has 2 nitrogen and oxygen atoms in total. The van der Waals surface area contributed by atoms with Crippen LogP contribution in [0.5, 0.6) is 5.75 Å². The first kappa shape index (κ1) is 14.4. The van der Waals surface area contributed by atoms with Crippen molar-refractivity contribution in [2.75, 3.05) is 6.61 Å². The molecule has 2 rings (SSSR count). The Bertz CT molecular complexity index is 530. The fraction of sp³-hybridized carbons (Fsp3) is 0.267. The molecule has 1 unspecified atom stereocenters. The number of nitrogens with zero attached hydrogens (tertiary/aromatic N) is 1. The Labute approximate surface area is 126 Å². The van der Waals surface area contributed by atoms with Crippen LogP contribution >= 0.6 is 27.5 Å². The predicted octanol–water partition coefficient (Wildman–Crippen LogP) is 4.81. The minimum atomic E-state index is 0.225. The van der Waals surface area contributed by atoms with E-state index in [0.29, 0.717) is 11.6 Å². The first-order valence-electron chi connectivity index (χ1n) is 6.16. The summed E-state index contributed by atoms with van der Waals surface area (Å²) >= 11 is 9.82. The summed E-state index contributed by atoms with van der Waals surface area (Å²) in [6.07, 6.45) is 4.27. The lowest BCUT2D eigenvalue weighted by molar-refractivity contribution is 0.340. The van der Waals surface area contributed by atoms with Gasteiger partial charge in [-0.2, -0.15) is 0 Å². The Morgan fingerprint density at radius 2 is 2.00 bits per heavy atom. The van der Waals surface area contributed by atoms with E-state index < -0.39 is 0 Å². The normalized spacial score (nSPS) is 12.2. The summed E-state index contributed by atoms with van der Waals surface area (Å²) in [6.45, 7) is 2.66. The van der Waals surface area contributed by atoms with Gasteiger partial charge in [-0.15, -0.1) is 0 Å². The standard InChI is InChI=1S/C15H15BrClNO/c1-2-19-13-5-3-11(4-6-13)14(16)9-12-7-8-18-10-15(12)17/h3-8,10,14H,2,9H2,1H3. The van der Waals surface area contributed by atoms with Crippen molar-refractivity contribution < 1.29 is 4.74 Å². The first-order valence-corrected chi connectivity index (χ1v) is 7.45. The fourth-order valence-corrected chi connectivity index (χ4v) is 2.67. The number of alkyl halides is 1. The second kappa shape index (κ2) is 6.92. The monoisotopic (exact) mass is 339 g/mol. The third kappa shape index (κ3) is 3.95. The third-order valence-electron chi connectivity index (χ3n) is 2.81. The quantitative estimate of drug-likeness (QED) is 0.729. The van der Waals surface area contributed by atoms with Crippen molar-refractivity contribution in [2.45, 2.75) is 18.2 Å². The van der Waals surface area contributed by atoms with Gasteiger partial charge in [-0.05, 0) is 42.7 Å². The van der Waals surface area contributed by atoms with Crippen LogP contribution in [0.3, 0.4) is 0 Å². The largest absolute Gasteiger partial charge is 0.494 e. The van der Waals surface area contributed by atoms with Crippen LogP contribution in [-0.2, 0) is 6.42 Å². The lowest BCUT2D eigenvalue weighted by atomic mass is 10.1. The average molecular weight is 341 g/mol. The number of benzene rings is 1. The molecule has 0 radical (unpaired) electrons. The number of hydrogen-bond acceptors (Lipinski definition) is 2. The predicted molar refractivity (Wildman–Crippen MR) is 82.2 cm³/mol. The van der Waals surface area contributed by atoms with Gasteiger partial charge in [-0.3, -0.25) is 4.98 Å². The molecule has 0 fully saturated rings. The molecule has 1 aromatic carbocycles. The zero-order valence-corrected chi connectivity index (χ0v) is 13.0. The topological polar surface area (TPSA) is 22.1 Å². The molecule has 4 heteroatoms. The minimum Gasteiger partial charge on any atom is -0.494 e. The molecule has 1 atom stereocenters. The molecule has 0 aliphatic rings. The van der Waals surface area contributed by atoms with Crippen molar-refractivity contribution >= 4 is 27.5 Å². The maximum absolute atomic E-state index is 6.12. The zero-order valence-electron chi connectivity index (χ0n) is 10.6. The van der Waals surface area contributed by atoms with Gasteiger partial charge in [0.1, 0.15) is 5.75 Å². The Kier molecular flexibility index (Phi) is 5.23. The van der Waals surface area contributed by atoms with E-state index in [1.165, 1.54) is 5.56 Å². The highest BCUT2D eigenvalue weighted by Gasteiger charge is 2.10. The SMILES string of the molecule is CCOc1ccc(C(Br)Cc2ccncc2Cl)cc1. The number of hydrogen-bond donors (Lipinski definition) is 0. The highest BCUT2D eigenvalue weighted by Crippen LogP contribution is 2.30. The summed E-state index contributed by atoms with van der Waals surface area (Å²) < 4.78 is 5.43. The second-order valence-corrected chi connectivity index (χ2v) is 5.65. The van der Waals surface area contributed by atoms with Crippen LogP contribution in [0.1, 0.15) is 22.9 Å². The van der Waals surface area contributed by atoms with Crippen molar-refractivity contribution in [3.8, 4) is 5.75 Å². The molecule has 0 amide bonds. The van der Waals surface area contributed by atoms with Crippen molar-refractivity contribution in [1.82, 2.24) is 4.98 Å². The number of ether oxygens (including phenoxy) is 1. The van der Waals surface area contributed by atoms with Gasteiger partial charge in [-0.25, -0.2) is 0 Å². The molecule has 100 valence electrons. The third-order valence-corrected chi connectivity index (χ3v) is 4.00. The van der Waals surface area contributed by atoms with Crippen molar-refractivity contribution in [2.24, 2.45) is 0 Å². The van der Waals surface area contributed by atoms with Crippen LogP contribution in [-0.4, -0.2) is 11.6 Å². The Balaban J connectivity index is 2.07. The van der Waals surface area contributed by atoms with Crippen LogP contribution in [0.25, 0.3) is 0 Å². The van der Waals surface area contributed by atoms with Gasteiger partial charge in [0.05, 0.1) is 11.6 Å². The number of pyridine rings is 1. The van der Waals surface area contributed by atoms with Crippen LogP contribution in [0.4, 0.5) is 0 Å². The summed E-state index contributed by atoms with van der Waals surface area (Å²) in [6, 6.07) is 10.1. The summed E-state index contributed by atoms with van der Waals surface area (Å²) in [5, 5.41) is 0.706. The summed E-state index contributed by atoms with van der Waals surface area (Å²) in [4.78, 5) is 4.22. The lowest BCUT2D eigenvalue weighted by Gasteiger charge is -2.12. The average Bonchev–Trinajstić information content (AvgIpc) is 2.42. The van der Waals surface area contributed by atoms with Gasteiger partial charge in [-0.1, -0.05) is 39.7 Å². The molecule has 0 saturated carbocycles. The van der Waals surface area contributed by atoms with E-state index in [-0.39, 0.29) is 4.83 Å². The molecule has 1 aromatic heterocycles. The minimum absolute atomic E-state index is 0.225. The van der Waals surface area contributed by atoms with Crippen molar-refractivity contribution in [3.63, 3.8) is 0 Å². The molecular formula is C15H15BrClNO. The molecule has 0 spiro atoms. The van der Waals surface area contributed by atoms with Crippen LogP contribution in [0.2, 0.25) is 5.02 Å². The highest BCUT2D eigenvalue weighted by molar-refractivity contribution is 9.09. The molecule has 0 aliphatic carbocycles. The molecular weight excluding hydrogens is 326 g/mol. The van der Waals surface area contributed by atoms with Crippen LogP contribution in [0.15, 0.2) is 42.7 Å². The highest BCUT2D eigenvalue weighted by atomic mass is 79.9. The van der Waals surface area contributed by atoms with Crippen molar-refractivity contribution in [1.29, 1.82) is 0 Å². The van der Waals surface area contributed by atoms with E-state index in [4.69, 9.17) is 16.3 Å². The molecule has 19 heavy (non-hydrogen) atoms. The number of rotatable bonds is 5. The molecule has 0 saturated heterocycles. The number of aromatic nitrogens is 1. The second-order valence-electron chi connectivity index (χ2n) is 4.14. The van der Waals surface area contributed by atoms with E-state index in [9.17, 15) is 0 Å². The molecule has 2 aromatic rings. The fourth-order valence-electron chi connectivity index (χ4n) is 1.82. The maximum atomic E-state index is 6.12. The Morgan fingerprint density at radius 1 is 1.26 bits per heavy atom. The van der Waals surface area contributed by atoms with Gasteiger partial charge < -0.3 is 4.74 Å². The van der Waals surface area contributed by atoms with E-state index in [0.717, 1.165) is 17.7 Å². The van der Waals surface area contributed by atoms with E-state index >= 15 is 0 Å². The van der Waals surface area contributed by atoms with E-state index in [1.807, 2.05) is 25.1 Å². The molecule has 0 bridgehead atoms. The molecule has 0 N–H and O–H groups in total. The van der Waals surface area contributed by atoms with Gasteiger partial charge in [0.15, 0.2) is 0 Å². The van der Waals surface area contributed by atoms with Crippen LogP contribution in [0, 0.1) is 0 Å². The summed E-state index contributed by atoms with van der Waals surface area (Å²) in [5.41, 5.74) is 2.30. The lowest BCUT2D eigenvalue weighted by Crippen LogP contribution is -1.97. The first-order chi connectivity index (χ1) is 9.20. The van der Waals surface area contributed by atoms with Crippen LogP contribution < -0.4 is 4.74 Å². The van der Waals surface area contributed by atoms with Gasteiger partial charge in [0.2, 0.25) is 0 Å². The molecule has 0 aliphatic heterocycles. The summed E-state index contributed by atoms with van der Waals surface area (Å²) in [5.74, 6) is 0.896. The number of halogens is 2. The van der Waals surface area contributed by atoms with Gasteiger partial charge in [0, 0.05) is 17.2 Å². The Morgan fingerprint density at radius 3 is 2.63 bits per heavy atom. The van der Waals surface area contributed by atoms with Gasteiger partial charge >= 0.3 is 0 Å². The van der Waals surface area contributed by atoms with E-state index in [2.05, 4.69) is 33.0 Å². The van der Waals surface area contributed by atoms with Gasteiger partial charge in [0.25, 0.3) is 0 Å². The molecule has 1 heterocycles. The zero-order chi connectivity index (χ0) is 13.7. The summed E-state index contributed by atoms with van der Waals surface area (Å²) in [7, 11) is 0. The van der Waals surface area contributed by atoms with E-state index in [1.54, 1.807) is 12.4 Å². The Hall–Kier alpha value is -1.06.